The molecule has 0 spiro atoms. The average Bonchev–Trinajstić information content (AvgIpc) is 3.41. The molecule has 0 bridgehead atoms. The van der Waals surface area contributed by atoms with Crippen LogP contribution in [-0.4, -0.2) is 12.5 Å². The molecule has 2 aromatic rings. The molecule has 3 rings (SSSR count). The highest BCUT2D eigenvalue weighted by molar-refractivity contribution is 5.95. The van der Waals surface area contributed by atoms with E-state index in [1.54, 1.807) is 0 Å². The van der Waals surface area contributed by atoms with Crippen molar-refractivity contribution in [2.75, 3.05) is 11.9 Å². The third-order valence-corrected chi connectivity index (χ3v) is 4.44. The minimum Gasteiger partial charge on any atom is -0.376 e. The van der Waals surface area contributed by atoms with Gasteiger partial charge >= 0.3 is 0 Å². The topological polar surface area (TPSA) is 38.3 Å². The predicted molar refractivity (Wildman–Crippen MR) is 96.9 cm³/mol. The first-order chi connectivity index (χ1) is 11.8. The van der Waals surface area contributed by atoms with E-state index >= 15 is 0 Å². The van der Waals surface area contributed by atoms with Crippen LogP contribution >= 0.6 is 0 Å². The van der Waals surface area contributed by atoms with Crippen molar-refractivity contribution in [3.8, 4) is 0 Å². The van der Waals surface area contributed by atoms with Crippen molar-refractivity contribution in [1.29, 1.82) is 0 Å². The van der Waals surface area contributed by atoms with Crippen LogP contribution < -0.4 is 5.32 Å². The fourth-order valence-electron chi connectivity index (χ4n) is 2.85. The summed E-state index contributed by atoms with van der Waals surface area (Å²) in [5.41, 5.74) is 2.99. The summed E-state index contributed by atoms with van der Waals surface area (Å²) < 4.78 is 5.73. The van der Waals surface area contributed by atoms with Gasteiger partial charge < -0.3 is 10.1 Å². The molecule has 0 saturated heterocycles. The van der Waals surface area contributed by atoms with Crippen molar-refractivity contribution in [2.24, 2.45) is 5.92 Å². The third-order valence-electron chi connectivity index (χ3n) is 4.44. The maximum Gasteiger partial charge on any atom is 0.231 e. The minimum atomic E-state index is -0.124. The summed E-state index contributed by atoms with van der Waals surface area (Å²) in [6.45, 7) is 3.50. The molecule has 1 amide bonds. The summed E-state index contributed by atoms with van der Waals surface area (Å²) in [6, 6.07) is 17.9. The first-order valence-corrected chi connectivity index (χ1v) is 8.78. The molecule has 24 heavy (non-hydrogen) atoms. The summed E-state index contributed by atoms with van der Waals surface area (Å²) in [5.74, 6) is 0.685. The SMILES string of the molecule is CCC(C(=O)Nc1cccc(COCC2CC2)c1)c1ccccc1. The zero-order valence-electron chi connectivity index (χ0n) is 14.2. The second-order valence-corrected chi connectivity index (χ2v) is 6.52. The van der Waals surface area contributed by atoms with E-state index in [1.807, 2.05) is 61.5 Å². The number of hydrogen-bond acceptors (Lipinski definition) is 2. The fourth-order valence-corrected chi connectivity index (χ4v) is 2.85. The van der Waals surface area contributed by atoms with Crippen molar-refractivity contribution in [3.63, 3.8) is 0 Å². The van der Waals surface area contributed by atoms with Gasteiger partial charge in [0.25, 0.3) is 0 Å². The maximum absolute atomic E-state index is 12.6. The molecule has 1 atom stereocenters. The number of anilines is 1. The Labute approximate surface area is 144 Å². The second-order valence-electron chi connectivity index (χ2n) is 6.52. The summed E-state index contributed by atoms with van der Waals surface area (Å²) in [6.07, 6.45) is 3.38. The molecule has 1 N–H and O–H groups in total. The highest BCUT2D eigenvalue weighted by atomic mass is 16.5. The number of benzene rings is 2. The van der Waals surface area contributed by atoms with E-state index in [0.717, 1.165) is 35.8 Å². The van der Waals surface area contributed by atoms with Crippen molar-refractivity contribution in [3.05, 3.63) is 65.7 Å². The van der Waals surface area contributed by atoms with Gasteiger partial charge in [0.2, 0.25) is 5.91 Å². The Morgan fingerprint density at radius 2 is 1.96 bits per heavy atom. The van der Waals surface area contributed by atoms with Crippen LogP contribution in [-0.2, 0) is 16.1 Å². The van der Waals surface area contributed by atoms with Crippen LogP contribution in [0.2, 0.25) is 0 Å². The van der Waals surface area contributed by atoms with E-state index in [2.05, 4.69) is 5.32 Å². The van der Waals surface area contributed by atoms with Crippen LogP contribution in [0.3, 0.4) is 0 Å². The molecule has 0 aliphatic heterocycles. The number of hydrogen-bond donors (Lipinski definition) is 1. The van der Waals surface area contributed by atoms with E-state index in [4.69, 9.17) is 4.74 Å². The minimum absolute atomic E-state index is 0.0414. The standard InChI is InChI=1S/C21H25NO2/c1-2-20(18-8-4-3-5-9-18)21(23)22-19-10-6-7-17(13-19)15-24-14-16-11-12-16/h3-10,13,16,20H,2,11-12,14-15H2,1H3,(H,22,23). The van der Waals surface area contributed by atoms with E-state index < -0.39 is 0 Å². The van der Waals surface area contributed by atoms with Gasteiger partial charge in [-0.2, -0.15) is 0 Å². The highest BCUT2D eigenvalue weighted by Crippen LogP contribution is 2.29. The molecule has 1 aliphatic carbocycles. The molecular formula is C21H25NO2. The van der Waals surface area contributed by atoms with Gasteiger partial charge in [-0.05, 0) is 48.4 Å². The molecule has 0 heterocycles. The zero-order chi connectivity index (χ0) is 16.8. The first-order valence-electron chi connectivity index (χ1n) is 8.78. The Morgan fingerprint density at radius 3 is 2.67 bits per heavy atom. The van der Waals surface area contributed by atoms with Crippen LogP contribution in [0.25, 0.3) is 0 Å². The number of carbonyl (C=O) groups excluding carboxylic acids is 1. The number of ether oxygens (including phenoxy) is 1. The normalized spacial score (nSPS) is 15.0. The number of amides is 1. The highest BCUT2D eigenvalue weighted by Gasteiger charge is 2.21. The smallest absolute Gasteiger partial charge is 0.231 e. The predicted octanol–water partition coefficient (Wildman–Crippen LogP) is 4.75. The molecule has 1 unspecified atom stereocenters. The molecule has 1 aliphatic rings. The van der Waals surface area contributed by atoms with Gasteiger partial charge in [0.05, 0.1) is 12.5 Å². The number of carbonyl (C=O) groups is 1. The Morgan fingerprint density at radius 1 is 1.17 bits per heavy atom. The molecule has 1 fully saturated rings. The molecule has 3 nitrogen and oxygen atoms in total. The van der Waals surface area contributed by atoms with E-state index in [9.17, 15) is 4.79 Å². The van der Waals surface area contributed by atoms with Crippen LogP contribution in [0.1, 0.15) is 43.2 Å². The van der Waals surface area contributed by atoms with Gasteiger partial charge in [0, 0.05) is 12.3 Å². The molecule has 1 saturated carbocycles. The Bertz CT molecular complexity index is 665. The van der Waals surface area contributed by atoms with Gasteiger partial charge in [-0.15, -0.1) is 0 Å². The number of nitrogens with one attached hydrogen (secondary N) is 1. The summed E-state index contributed by atoms with van der Waals surface area (Å²) >= 11 is 0. The molecular weight excluding hydrogens is 298 g/mol. The molecule has 0 aromatic heterocycles. The lowest BCUT2D eigenvalue weighted by molar-refractivity contribution is -0.117. The van der Waals surface area contributed by atoms with Gasteiger partial charge in [0.15, 0.2) is 0 Å². The fraction of sp³-hybridized carbons (Fsp3) is 0.381. The van der Waals surface area contributed by atoms with E-state index in [0.29, 0.717) is 6.61 Å². The molecule has 126 valence electrons. The van der Waals surface area contributed by atoms with Crippen LogP contribution in [0.5, 0.6) is 0 Å². The van der Waals surface area contributed by atoms with Crippen molar-refractivity contribution in [2.45, 2.75) is 38.7 Å². The Kier molecular flexibility index (Phi) is 5.65. The van der Waals surface area contributed by atoms with Crippen molar-refractivity contribution in [1.82, 2.24) is 0 Å². The summed E-state index contributed by atoms with van der Waals surface area (Å²) in [5, 5.41) is 3.05. The second kappa shape index (κ2) is 8.11. The van der Waals surface area contributed by atoms with Gasteiger partial charge in [-0.25, -0.2) is 0 Å². The first kappa shape index (κ1) is 16.7. The number of rotatable bonds is 8. The van der Waals surface area contributed by atoms with Gasteiger partial charge in [-0.3, -0.25) is 4.79 Å². The molecule has 2 aromatic carbocycles. The van der Waals surface area contributed by atoms with Gasteiger partial charge in [0.1, 0.15) is 0 Å². The molecule has 0 radical (unpaired) electrons. The lowest BCUT2D eigenvalue weighted by Gasteiger charge is -2.16. The maximum atomic E-state index is 12.6. The Hall–Kier alpha value is -2.13. The van der Waals surface area contributed by atoms with E-state index in [1.165, 1.54) is 12.8 Å². The quantitative estimate of drug-likeness (QED) is 0.761. The average molecular weight is 323 g/mol. The lowest BCUT2D eigenvalue weighted by Crippen LogP contribution is -2.20. The van der Waals surface area contributed by atoms with Crippen LogP contribution in [0.4, 0.5) is 5.69 Å². The third kappa shape index (κ3) is 4.68. The zero-order valence-corrected chi connectivity index (χ0v) is 14.2. The lowest BCUT2D eigenvalue weighted by atomic mass is 9.95. The molecule has 3 heteroatoms. The Balaban J connectivity index is 1.60. The largest absolute Gasteiger partial charge is 0.376 e. The summed E-state index contributed by atoms with van der Waals surface area (Å²) in [4.78, 5) is 12.6. The van der Waals surface area contributed by atoms with E-state index in [-0.39, 0.29) is 11.8 Å². The van der Waals surface area contributed by atoms with Crippen LogP contribution in [0, 0.1) is 5.92 Å². The summed E-state index contributed by atoms with van der Waals surface area (Å²) in [7, 11) is 0. The monoisotopic (exact) mass is 323 g/mol. The van der Waals surface area contributed by atoms with Crippen LogP contribution in [0.15, 0.2) is 54.6 Å². The van der Waals surface area contributed by atoms with Crippen molar-refractivity contribution >= 4 is 11.6 Å². The van der Waals surface area contributed by atoms with Gasteiger partial charge in [-0.1, -0.05) is 49.4 Å². The van der Waals surface area contributed by atoms with Crippen molar-refractivity contribution < 1.29 is 9.53 Å².